The molecule has 250 valence electrons. The third-order valence-corrected chi connectivity index (χ3v) is 7.81. The average molecular weight is 644 g/mol. The van der Waals surface area contributed by atoms with Gasteiger partial charge in [-0.1, -0.05) is 56.2 Å². The largest absolute Gasteiger partial charge is 0.490 e. The second kappa shape index (κ2) is 18.1. The van der Waals surface area contributed by atoms with Gasteiger partial charge in [-0.05, 0) is 68.6 Å². The molecule has 12 heteroatoms. The molecule has 0 saturated heterocycles. The molecule has 1 amide bonds. The van der Waals surface area contributed by atoms with Gasteiger partial charge in [0.2, 0.25) is 5.91 Å². The van der Waals surface area contributed by atoms with Crippen LogP contribution in [0.25, 0.3) is 11.3 Å². The number of aliphatic carboxylic acids is 1. The SMILES string of the molecule is CCC(=O)CCCCC[C@H](NC(=O)CCCCc1nc2c(cc1C)CCCN2)c1ncc(-c2ccccc2)[nH]1.O=C(O)C(F)(F)F. The third kappa shape index (κ3) is 11.9. The van der Waals surface area contributed by atoms with Gasteiger partial charge in [-0.15, -0.1) is 0 Å². The lowest BCUT2D eigenvalue weighted by molar-refractivity contribution is -0.192. The third-order valence-electron chi connectivity index (χ3n) is 7.81. The smallest absolute Gasteiger partial charge is 0.475 e. The summed E-state index contributed by atoms with van der Waals surface area (Å²) in [5, 5.41) is 13.8. The number of hydrogen-bond acceptors (Lipinski definition) is 6. The molecule has 1 aliphatic heterocycles. The van der Waals surface area contributed by atoms with Crippen molar-refractivity contribution in [3.05, 3.63) is 65.2 Å². The minimum Gasteiger partial charge on any atom is -0.475 e. The number of carbonyl (C=O) groups excluding carboxylic acids is 2. The number of carboxylic acid groups (broad SMARTS) is 1. The van der Waals surface area contributed by atoms with Gasteiger partial charge in [0.25, 0.3) is 0 Å². The number of nitrogens with zero attached hydrogens (tertiary/aromatic N) is 2. The van der Waals surface area contributed by atoms with Crippen LogP contribution in [0.2, 0.25) is 0 Å². The van der Waals surface area contributed by atoms with E-state index in [1.54, 1.807) is 0 Å². The number of carboxylic acids is 1. The molecule has 0 aliphatic carbocycles. The van der Waals surface area contributed by atoms with E-state index in [9.17, 15) is 22.8 Å². The highest BCUT2D eigenvalue weighted by atomic mass is 19.4. The van der Waals surface area contributed by atoms with Gasteiger partial charge >= 0.3 is 12.1 Å². The molecule has 0 unspecified atom stereocenters. The van der Waals surface area contributed by atoms with Gasteiger partial charge in [0.1, 0.15) is 17.4 Å². The number of aromatic amines is 1. The number of carbonyl (C=O) groups is 3. The number of H-pyrrole nitrogens is 1. The lowest BCUT2D eigenvalue weighted by Gasteiger charge is -2.19. The molecule has 0 bridgehead atoms. The second-order valence-corrected chi connectivity index (χ2v) is 11.5. The highest BCUT2D eigenvalue weighted by Gasteiger charge is 2.38. The van der Waals surface area contributed by atoms with Gasteiger partial charge in [-0.2, -0.15) is 13.2 Å². The van der Waals surface area contributed by atoms with Crippen LogP contribution in [0, 0.1) is 6.92 Å². The van der Waals surface area contributed by atoms with Gasteiger partial charge in [-0.25, -0.2) is 14.8 Å². The lowest BCUT2D eigenvalue weighted by Crippen LogP contribution is -2.29. The molecule has 1 atom stereocenters. The monoisotopic (exact) mass is 643 g/mol. The number of aromatic nitrogens is 3. The number of unbranched alkanes of at least 4 members (excludes halogenated alkanes) is 3. The van der Waals surface area contributed by atoms with Crippen molar-refractivity contribution < 1.29 is 32.7 Å². The number of imidazole rings is 1. The molecule has 0 fully saturated rings. The number of anilines is 1. The first-order chi connectivity index (χ1) is 22.0. The number of Topliss-reactive ketones (excluding diaryl/α,β-unsaturated/α-hetero) is 1. The number of hydrogen-bond donors (Lipinski definition) is 4. The van der Waals surface area contributed by atoms with Gasteiger partial charge in [-0.3, -0.25) is 9.59 Å². The summed E-state index contributed by atoms with van der Waals surface area (Å²) in [6.45, 7) is 5.04. The van der Waals surface area contributed by atoms with Crippen molar-refractivity contribution in [3.63, 3.8) is 0 Å². The number of nitrogens with one attached hydrogen (secondary N) is 3. The number of amides is 1. The summed E-state index contributed by atoms with van der Waals surface area (Å²) in [6, 6.07) is 12.2. The number of rotatable bonds is 15. The first-order valence-corrected chi connectivity index (χ1v) is 15.9. The summed E-state index contributed by atoms with van der Waals surface area (Å²) in [6.07, 6.45) is 6.94. The molecule has 0 spiro atoms. The number of benzene rings is 1. The normalized spacial score (nSPS) is 13.1. The molecule has 0 radical (unpaired) electrons. The molecule has 1 aromatic carbocycles. The van der Waals surface area contributed by atoms with E-state index in [-0.39, 0.29) is 11.9 Å². The van der Waals surface area contributed by atoms with Gasteiger partial charge in [0.15, 0.2) is 0 Å². The van der Waals surface area contributed by atoms with Crippen molar-refractivity contribution in [1.82, 2.24) is 20.3 Å². The molecule has 1 aliphatic rings. The number of ketones is 1. The highest BCUT2D eigenvalue weighted by Crippen LogP contribution is 2.25. The number of alkyl halides is 3. The summed E-state index contributed by atoms with van der Waals surface area (Å²) in [5.74, 6) is -0.568. The Bertz CT molecular complexity index is 1430. The Balaban J connectivity index is 0.000000738. The Labute approximate surface area is 267 Å². The molecule has 2 aromatic heterocycles. The summed E-state index contributed by atoms with van der Waals surface area (Å²) in [7, 11) is 0. The van der Waals surface area contributed by atoms with Crippen LogP contribution in [0.5, 0.6) is 0 Å². The minimum atomic E-state index is -5.08. The van der Waals surface area contributed by atoms with Gasteiger partial charge < -0.3 is 20.7 Å². The van der Waals surface area contributed by atoms with E-state index in [0.29, 0.717) is 25.0 Å². The number of aryl methyl sites for hydroxylation is 3. The Morgan fingerprint density at radius 1 is 1.04 bits per heavy atom. The topological polar surface area (TPSA) is 137 Å². The van der Waals surface area contributed by atoms with Crippen LogP contribution < -0.4 is 10.6 Å². The molecular formula is C34H44F3N5O4. The number of fused-ring (bicyclic) bond motifs is 1. The van der Waals surface area contributed by atoms with Crippen LogP contribution >= 0.6 is 0 Å². The Morgan fingerprint density at radius 2 is 1.76 bits per heavy atom. The molecular weight excluding hydrogens is 599 g/mol. The van der Waals surface area contributed by atoms with E-state index in [1.807, 2.05) is 43.5 Å². The molecule has 3 heterocycles. The van der Waals surface area contributed by atoms with Crippen molar-refractivity contribution in [2.75, 3.05) is 11.9 Å². The average Bonchev–Trinajstić information content (AvgIpc) is 3.53. The summed E-state index contributed by atoms with van der Waals surface area (Å²) in [5.41, 5.74) is 5.71. The molecule has 4 N–H and O–H groups in total. The van der Waals surface area contributed by atoms with Crippen molar-refractivity contribution in [3.8, 4) is 11.3 Å². The number of pyridine rings is 1. The van der Waals surface area contributed by atoms with Gasteiger partial charge in [0.05, 0.1) is 17.9 Å². The molecule has 9 nitrogen and oxygen atoms in total. The van der Waals surface area contributed by atoms with Crippen LogP contribution in [-0.4, -0.2) is 50.4 Å². The standard InChI is InChI=1S/C32H43N5O2.C2HF3O2/c1-3-26(38)16-8-5-9-18-28(32-34-22-29(37-32)24-13-6-4-7-14-24)35-30(39)19-11-10-17-27-23(2)21-25-15-12-20-33-31(25)36-27;3-2(4,5)1(6)7/h4,6-7,13-14,21-22,28H,3,5,8-12,15-20H2,1-2H3,(H,33,36)(H,34,37)(H,35,39);(H,6,7)/t28-;/m0./s1. The predicted molar refractivity (Wildman–Crippen MR) is 170 cm³/mol. The molecule has 4 rings (SSSR count). The molecule has 0 saturated carbocycles. The van der Waals surface area contributed by atoms with E-state index in [0.717, 1.165) is 92.9 Å². The summed E-state index contributed by atoms with van der Waals surface area (Å²) >= 11 is 0. The zero-order valence-corrected chi connectivity index (χ0v) is 26.5. The van der Waals surface area contributed by atoms with Crippen LogP contribution in [0.1, 0.15) is 99.8 Å². The maximum atomic E-state index is 13.0. The van der Waals surface area contributed by atoms with Gasteiger partial charge in [0, 0.05) is 31.5 Å². The van der Waals surface area contributed by atoms with Crippen molar-refractivity contribution in [2.24, 2.45) is 0 Å². The molecule has 3 aromatic rings. The molecule has 46 heavy (non-hydrogen) atoms. The second-order valence-electron chi connectivity index (χ2n) is 11.5. The van der Waals surface area contributed by atoms with Crippen LogP contribution in [0.3, 0.4) is 0 Å². The zero-order valence-electron chi connectivity index (χ0n) is 26.5. The van der Waals surface area contributed by atoms with Crippen LogP contribution in [0.4, 0.5) is 19.0 Å². The Kier molecular flexibility index (Phi) is 14.2. The first kappa shape index (κ1) is 36.3. The van der Waals surface area contributed by atoms with E-state index in [4.69, 9.17) is 14.9 Å². The maximum absolute atomic E-state index is 13.0. The first-order valence-electron chi connectivity index (χ1n) is 15.9. The van der Waals surface area contributed by atoms with E-state index >= 15 is 0 Å². The van der Waals surface area contributed by atoms with E-state index < -0.39 is 12.1 Å². The summed E-state index contributed by atoms with van der Waals surface area (Å²) < 4.78 is 31.7. The highest BCUT2D eigenvalue weighted by molar-refractivity contribution is 5.78. The van der Waals surface area contributed by atoms with Crippen molar-refractivity contribution in [2.45, 2.75) is 103 Å². The van der Waals surface area contributed by atoms with E-state index in [2.05, 4.69) is 33.6 Å². The maximum Gasteiger partial charge on any atom is 0.490 e. The fraction of sp³-hybridized carbons (Fsp3) is 0.500. The fourth-order valence-corrected chi connectivity index (χ4v) is 5.21. The van der Waals surface area contributed by atoms with E-state index in [1.165, 1.54) is 11.1 Å². The number of halogens is 3. The lowest BCUT2D eigenvalue weighted by atomic mass is 10.0. The summed E-state index contributed by atoms with van der Waals surface area (Å²) in [4.78, 5) is 46.4. The van der Waals surface area contributed by atoms with Crippen LogP contribution in [-0.2, 0) is 27.2 Å². The quantitative estimate of drug-likeness (QED) is 0.128. The Morgan fingerprint density at radius 3 is 2.46 bits per heavy atom. The van der Waals surface area contributed by atoms with Crippen molar-refractivity contribution >= 4 is 23.5 Å². The fourth-order valence-electron chi connectivity index (χ4n) is 5.21. The van der Waals surface area contributed by atoms with Crippen LogP contribution in [0.15, 0.2) is 42.6 Å². The van der Waals surface area contributed by atoms with Crippen molar-refractivity contribution in [1.29, 1.82) is 0 Å². The predicted octanol–water partition coefficient (Wildman–Crippen LogP) is 7.27. The zero-order chi connectivity index (χ0) is 33.5. The minimum absolute atomic E-state index is 0.0515. The Hall–Kier alpha value is -4.22.